The molecule has 0 N–H and O–H groups in total. The van der Waals surface area contributed by atoms with E-state index in [1.807, 2.05) is 25.1 Å². The van der Waals surface area contributed by atoms with Gasteiger partial charge in [-0.2, -0.15) is 5.26 Å². The number of methoxy groups -OCH3 is 1. The summed E-state index contributed by atoms with van der Waals surface area (Å²) in [6, 6.07) is 7.40. The van der Waals surface area contributed by atoms with Crippen LogP contribution >= 0.6 is 11.6 Å². The van der Waals surface area contributed by atoms with Crippen LogP contribution in [0.5, 0.6) is 5.75 Å². The van der Waals surface area contributed by atoms with Gasteiger partial charge in [-0.05, 0) is 18.6 Å². The summed E-state index contributed by atoms with van der Waals surface area (Å²) in [7, 11) is 1.58. The number of amides is 1. The average Bonchev–Trinajstić information content (AvgIpc) is 2.45. The minimum Gasteiger partial charge on any atom is -0.489 e. The predicted molar refractivity (Wildman–Crippen MR) is 77.2 cm³/mol. The van der Waals surface area contributed by atoms with Gasteiger partial charge in [-0.25, -0.2) is 0 Å². The first kappa shape index (κ1) is 16.3. The molecule has 1 aromatic rings. The van der Waals surface area contributed by atoms with E-state index >= 15 is 0 Å². The number of carbonyl (C=O) groups excluding carboxylic acids is 1. The number of hydrogen-bond donors (Lipinski definition) is 0. The molecule has 5 nitrogen and oxygen atoms in total. The van der Waals surface area contributed by atoms with E-state index in [4.69, 9.17) is 26.3 Å². The second kappa shape index (κ2) is 8.41. The second-order valence-electron chi connectivity index (χ2n) is 4.03. The molecule has 0 aliphatic rings. The largest absolute Gasteiger partial charge is 0.489 e. The van der Waals surface area contributed by atoms with Crippen molar-refractivity contribution in [3.8, 4) is 11.8 Å². The molecule has 1 aromatic carbocycles. The minimum absolute atomic E-state index is 0.0724. The van der Waals surface area contributed by atoms with Crippen molar-refractivity contribution >= 4 is 23.2 Å². The molecule has 108 valence electrons. The number of halogens is 1. The molecule has 0 saturated heterocycles. The zero-order chi connectivity index (χ0) is 15.0. The maximum Gasteiger partial charge on any atom is 0.242 e. The van der Waals surface area contributed by atoms with Crippen molar-refractivity contribution in [1.82, 2.24) is 0 Å². The number of anilines is 1. The van der Waals surface area contributed by atoms with Crippen LogP contribution < -0.4 is 9.64 Å². The molecule has 0 bridgehead atoms. The van der Waals surface area contributed by atoms with Crippen molar-refractivity contribution in [3.05, 3.63) is 23.8 Å². The Bertz CT molecular complexity index is 500. The zero-order valence-corrected chi connectivity index (χ0v) is 12.3. The third-order valence-corrected chi connectivity index (χ3v) is 2.89. The number of para-hydroxylation sites is 1. The molecule has 0 saturated carbocycles. The lowest BCUT2D eigenvalue weighted by Crippen LogP contribution is -2.33. The van der Waals surface area contributed by atoms with E-state index in [1.165, 1.54) is 4.90 Å². The van der Waals surface area contributed by atoms with Gasteiger partial charge in [0.1, 0.15) is 24.8 Å². The first-order valence-electron chi connectivity index (χ1n) is 6.10. The predicted octanol–water partition coefficient (Wildman–Crippen LogP) is 2.12. The first-order valence-corrected chi connectivity index (χ1v) is 6.63. The highest BCUT2D eigenvalue weighted by Crippen LogP contribution is 2.32. The van der Waals surface area contributed by atoms with E-state index in [1.54, 1.807) is 13.2 Å². The van der Waals surface area contributed by atoms with Crippen molar-refractivity contribution in [2.75, 3.05) is 37.6 Å². The fourth-order valence-electron chi connectivity index (χ4n) is 1.76. The highest BCUT2D eigenvalue weighted by Gasteiger charge is 2.20. The monoisotopic (exact) mass is 296 g/mol. The number of benzene rings is 1. The molecule has 0 aromatic heterocycles. The number of aryl methyl sites for hydroxylation is 1. The first-order chi connectivity index (χ1) is 9.65. The Balaban J connectivity index is 3.11. The summed E-state index contributed by atoms with van der Waals surface area (Å²) in [5, 5.41) is 8.89. The SMILES string of the molecule is COCCOc1cccc(C)c1N(CC#N)C(=O)CCl. The molecule has 0 spiro atoms. The van der Waals surface area contributed by atoms with Crippen molar-refractivity contribution in [2.24, 2.45) is 0 Å². The van der Waals surface area contributed by atoms with Gasteiger partial charge >= 0.3 is 0 Å². The van der Waals surface area contributed by atoms with E-state index in [-0.39, 0.29) is 18.3 Å². The molecule has 20 heavy (non-hydrogen) atoms. The van der Waals surface area contributed by atoms with Gasteiger partial charge in [0.15, 0.2) is 0 Å². The van der Waals surface area contributed by atoms with Crippen LogP contribution in [0.1, 0.15) is 5.56 Å². The summed E-state index contributed by atoms with van der Waals surface area (Å²) in [4.78, 5) is 13.2. The van der Waals surface area contributed by atoms with E-state index in [2.05, 4.69) is 0 Å². The fourth-order valence-corrected chi connectivity index (χ4v) is 1.91. The van der Waals surface area contributed by atoms with Gasteiger partial charge in [-0.15, -0.1) is 11.6 Å². The smallest absolute Gasteiger partial charge is 0.242 e. The van der Waals surface area contributed by atoms with Crippen molar-refractivity contribution in [3.63, 3.8) is 0 Å². The molecule has 1 rings (SSSR count). The highest BCUT2D eigenvalue weighted by molar-refractivity contribution is 6.29. The lowest BCUT2D eigenvalue weighted by molar-refractivity contribution is -0.116. The Kier molecular flexibility index (Phi) is 6.85. The van der Waals surface area contributed by atoms with Gasteiger partial charge in [-0.1, -0.05) is 12.1 Å². The van der Waals surface area contributed by atoms with Crippen molar-refractivity contribution in [1.29, 1.82) is 5.26 Å². The highest BCUT2D eigenvalue weighted by atomic mass is 35.5. The Hall–Kier alpha value is -1.77. The summed E-state index contributed by atoms with van der Waals surface area (Å²) in [5.74, 6) is 0.0166. The number of nitriles is 1. The summed E-state index contributed by atoms with van der Waals surface area (Å²) in [5.41, 5.74) is 1.42. The van der Waals surface area contributed by atoms with Crippen LogP contribution in [0, 0.1) is 18.3 Å². The Morgan fingerprint density at radius 2 is 2.20 bits per heavy atom. The van der Waals surface area contributed by atoms with Gasteiger partial charge in [0, 0.05) is 7.11 Å². The maximum atomic E-state index is 11.9. The van der Waals surface area contributed by atoms with E-state index in [9.17, 15) is 4.79 Å². The molecule has 6 heteroatoms. The van der Waals surface area contributed by atoms with Crippen LogP contribution in [-0.4, -0.2) is 38.7 Å². The molecule has 0 radical (unpaired) electrons. The van der Waals surface area contributed by atoms with Crippen molar-refractivity contribution < 1.29 is 14.3 Å². The zero-order valence-electron chi connectivity index (χ0n) is 11.6. The fraction of sp³-hybridized carbons (Fsp3) is 0.429. The molecular formula is C14H17ClN2O3. The minimum atomic E-state index is -0.334. The third kappa shape index (κ3) is 4.12. The van der Waals surface area contributed by atoms with Crippen LogP contribution in [0.15, 0.2) is 18.2 Å². The molecule has 1 amide bonds. The van der Waals surface area contributed by atoms with Crippen LogP contribution in [0.3, 0.4) is 0 Å². The normalized spacial score (nSPS) is 9.90. The van der Waals surface area contributed by atoms with Gasteiger partial charge < -0.3 is 9.47 Å². The third-order valence-electron chi connectivity index (χ3n) is 2.66. The van der Waals surface area contributed by atoms with E-state index in [0.29, 0.717) is 24.7 Å². The van der Waals surface area contributed by atoms with Crippen LogP contribution in [0.25, 0.3) is 0 Å². The van der Waals surface area contributed by atoms with Gasteiger partial charge in [0.25, 0.3) is 0 Å². The Labute approximate surface area is 123 Å². The molecule has 0 aliphatic carbocycles. The number of carbonyl (C=O) groups is 1. The molecular weight excluding hydrogens is 280 g/mol. The van der Waals surface area contributed by atoms with Crippen molar-refractivity contribution in [2.45, 2.75) is 6.92 Å². The number of nitrogens with zero attached hydrogens (tertiary/aromatic N) is 2. The number of hydrogen-bond acceptors (Lipinski definition) is 4. The van der Waals surface area contributed by atoms with Gasteiger partial charge in [0.05, 0.1) is 18.4 Å². The average molecular weight is 297 g/mol. The maximum absolute atomic E-state index is 11.9. The number of ether oxygens (including phenoxy) is 2. The Morgan fingerprint density at radius 1 is 1.45 bits per heavy atom. The number of rotatable bonds is 7. The molecule has 0 atom stereocenters. The second-order valence-corrected chi connectivity index (χ2v) is 4.30. The van der Waals surface area contributed by atoms with Crippen LogP contribution in [-0.2, 0) is 9.53 Å². The molecule has 0 fully saturated rings. The van der Waals surface area contributed by atoms with Gasteiger partial charge in [-0.3, -0.25) is 9.69 Å². The lowest BCUT2D eigenvalue weighted by atomic mass is 10.1. The Morgan fingerprint density at radius 3 is 2.80 bits per heavy atom. The van der Waals surface area contributed by atoms with Gasteiger partial charge in [0.2, 0.25) is 5.91 Å². The molecule has 0 unspecified atom stereocenters. The van der Waals surface area contributed by atoms with Crippen LogP contribution in [0.2, 0.25) is 0 Å². The topological polar surface area (TPSA) is 62.6 Å². The van der Waals surface area contributed by atoms with E-state index in [0.717, 1.165) is 5.56 Å². The standard InChI is InChI=1S/C14H17ClN2O3/c1-11-4-3-5-12(20-9-8-19-2)14(11)17(7-6-16)13(18)10-15/h3-5H,7-10H2,1-2H3. The summed E-state index contributed by atoms with van der Waals surface area (Å²) < 4.78 is 10.5. The molecule has 0 aliphatic heterocycles. The van der Waals surface area contributed by atoms with Crippen LogP contribution in [0.4, 0.5) is 5.69 Å². The summed E-state index contributed by atoms with van der Waals surface area (Å²) >= 11 is 5.60. The number of alkyl halides is 1. The summed E-state index contributed by atoms with van der Waals surface area (Å²) in [6.07, 6.45) is 0. The lowest BCUT2D eigenvalue weighted by Gasteiger charge is -2.23. The van der Waals surface area contributed by atoms with E-state index < -0.39 is 0 Å². The summed E-state index contributed by atoms with van der Waals surface area (Å²) in [6.45, 7) is 2.58. The quantitative estimate of drug-likeness (QED) is 0.439. The molecule has 0 heterocycles.